The SMILES string of the molecule is CCCNC(=O)COC(=O)c1cc2c(C)nn(Cc3ccccc3Cl)c2s1. The summed E-state index contributed by atoms with van der Waals surface area (Å²) in [4.78, 5) is 25.2. The fraction of sp³-hybridized carbons (Fsp3) is 0.316. The first-order valence-electron chi connectivity index (χ1n) is 8.63. The summed E-state index contributed by atoms with van der Waals surface area (Å²) >= 11 is 7.54. The van der Waals surface area contributed by atoms with Crippen LogP contribution in [0.15, 0.2) is 30.3 Å². The van der Waals surface area contributed by atoms with Gasteiger partial charge in [-0.25, -0.2) is 4.79 Å². The second-order valence-electron chi connectivity index (χ2n) is 6.09. The molecule has 2 aromatic heterocycles. The maximum atomic E-state index is 12.3. The predicted molar refractivity (Wildman–Crippen MR) is 106 cm³/mol. The second-order valence-corrected chi connectivity index (χ2v) is 7.53. The molecule has 6 nitrogen and oxygen atoms in total. The largest absolute Gasteiger partial charge is 0.451 e. The average molecular weight is 406 g/mol. The minimum atomic E-state index is -0.508. The lowest BCUT2D eigenvalue weighted by Gasteiger charge is -2.05. The van der Waals surface area contributed by atoms with Crippen LogP contribution in [0.25, 0.3) is 10.2 Å². The first-order chi connectivity index (χ1) is 13.0. The van der Waals surface area contributed by atoms with Crippen LogP contribution in [0.4, 0.5) is 0 Å². The highest BCUT2D eigenvalue weighted by Crippen LogP contribution is 2.30. The van der Waals surface area contributed by atoms with Crippen LogP contribution in [0.3, 0.4) is 0 Å². The number of nitrogens with one attached hydrogen (secondary N) is 1. The monoisotopic (exact) mass is 405 g/mol. The summed E-state index contributed by atoms with van der Waals surface area (Å²) in [5.74, 6) is -0.807. The number of carbonyl (C=O) groups excluding carboxylic acids is 2. The lowest BCUT2D eigenvalue weighted by Crippen LogP contribution is -2.29. The van der Waals surface area contributed by atoms with Crippen molar-refractivity contribution in [3.05, 3.63) is 51.5 Å². The number of rotatable bonds is 7. The van der Waals surface area contributed by atoms with Gasteiger partial charge in [0.1, 0.15) is 9.71 Å². The number of hydrogen-bond donors (Lipinski definition) is 1. The highest BCUT2D eigenvalue weighted by Gasteiger charge is 2.18. The van der Waals surface area contributed by atoms with Gasteiger partial charge in [0.25, 0.3) is 5.91 Å². The van der Waals surface area contributed by atoms with E-state index in [2.05, 4.69) is 10.4 Å². The van der Waals surface area contributed by atoms with Gasteiger partial charge in [0.2, 0.25) is 0 Å². The minimum absolute atomic E-state index is 0.280. The molecular weight excluding hydrogens is 386 g/mol. The molecule has 0 unspecified atom stereocenters. The molecule has 142 valence electrons. The molecule has 27 heavy (non-hydrogen) atoms. The number of aromatic nitrogens is 2. The molecule has 3 aromatic rings. The molecule has 0 radical (unpaired) electrons. The van der Waals surface area contributed by atoms with Crippen molar-refractivity contribution in [3.63, 3.8) is 0 Å². The summed E-state index contributed by atoms with van der Waals surface area (Å²) < 4.78 is 6.95. The number of benzene rings is 1. The first kappa shape index (κ1) is 19.4. The van der Waals surface area contributed by atoms with E-state index in [1.165, 1.54) is 11.3 Å². The average Bonchev–Trinajstić information content (AvgIpc) is 3.21. The number of amides is 1. The zero-order valence-electron chi connectivity index (χ0n) is 15.1. The Labute approximate surface area is 166 Å². The Morgan fingerprint density at radius 2 is 2.11 bits per heavy atom. The van der Waals surface area contributed by atoms with Crippen LogP contribution in [0.2, 0.25) is 5.02 Å². The van der Waals surface area contributed by atoms with E-state index in [9.17, 15) is 9.59 Å². The highest BCUT2D eigenvalue weighted by atomic mass is 35.5. The minimum Gasteiger partial charge on any atom is -0.451 e. The van der Waals surface area contributed by atoms with E-state index >= 15 is 0 Å². The molecule has 1 amide bonds. The number of carbonyl (C=O) groups is 2. The van der Waals surface area contributed by atoms with Crippen LogP contribution in [0, 0.1) is 6.92 Å². The van der Waals surface area contributed by atoms with Crippen LogP contribution in [0.1, 0.15) is 34.3 Å². The Morgan fingerprint density at radius 3 is 2.85 bits per heavy atom. The zero-order chi connectivity index (χ0) is 19.4. The standard InChI is InChI=1S/C19H20ClN3O3S/c1-3-8-21-17(24)11-26-19(25)16-9-14-12(2)22-23(18(14)27-16)10-13-6-4-5-7-15(13)20/h4-7,9H,3,8,10-11H2,1-2H3,(H,21,24). The Bertz CT molecular complexity index is 980. The summed E-state index contributed by atoms with van der Waals surface area (Å²) in [6, 6.07) is 9.35. The molecule has 0 aliphatic heterocycles. The van der Waals surface area contributed by atoms with Crippen molar-refractivity contribution >= 4 is 45.0 Å². The summed E-state index contributed by atoms with van der Waals surface area (Å²) in [7, 11) is 0. The van der Waals surface area contributed by atoms with Crippen molar-refractivity contribution in [2.75, 3.05) is 13.2 Å². The molecule has 0 bridgehead atoms. The molecule has 1 aromatic carbocycles. The summed E-state index contributed by atoms with van der Waals surface area (Å²) in [6.45, 7) is 4.65. The van der Waals surface area contributed by atoms with Gasteiger partial charge in [0, 0.05) is 17.0 Å². The van der Waals surface area contributed by atoms with Crippen molar-refractivity contribution in [2.45, 2.75) is 26.8 Å². The fourth-order valence-corrected chi connectivity index (χ4v) is 3.88. The molecule has 8 heteroatoms. The smallest absolute Gasteiger partial charge is 0.348 e. The number of nitrogens with zero attached hydrogens (tertiary/aromatic N) is 2. The Hall–Kier alpha value is -2.38. The van der Waals surface area contributed by atoms with Gasteiger partial charge in [-0.1, -0.05) is 36.7 Å². The van der Waals surface area contributed by atoms with Crippen molar-refractivity contribution in [1.82, 2.24) is 15.1 Å². The predicted octanol–water partition coefficient (Wildman–Crippen LogP) is 3.79. The number of halogens is 1. The van der Waals surface area contributed by atoms with E-state index in [0.717, 1.165) is 27.9 Å². The third kappa shape index (κ3) is 4.48. The Kier molecular flexibility index (Phi) is 6.13. The maximum Gasteiger partial charge on any atom is 0.348 e. The molecule has 0 atom stereocenters. The molecule has 1 N–H and O–H groups in total. The van der Waals surface area contributed by atoms with Gasteiger partial charge in [-0.15, -0.1) is 11.3 Å². The van der Waals surface area contributed by atoms with E-state index in [0.29, 0.717) is 23.0 Å². The van der Waals surface area contributed by atoms with Gasteiger partial charge in [-0.05, 0) is 31.0 Å². The maximum absolute atomic E-state index is 12.3. The van der Waals surface area contributed by atoms with E-state index in [-0.39, 0.29) is 12.5 Å². The van der Waals surface area contributed by atoms with Crippen molar-refractivity contribution < 1.29 is 14.3 Å². The lowest BCUT2D eigenvalue weighted by molar-refractivity contribution is -0.124. The van der Waals surface area contributed by atoms with Crippen LogP contribution in [-0.2, 0) is 16.1 Å². The number of hydrogen-bond acceptors (Lipinski definition) is 5. The number of esters is 1. The molecular formula is C19H20ClN3O3S. The highest BCUT2D eigenvalue weighted by molar-refractivity contribution is 7.20. The third-order valence-corrected chi connectivity index (χ3v) is 5.49. The molecule has 0 aliphatic carbocycles. The number of thiophene rings is 1. The van der Waals surface area contributed by atoms with Gasteiger partial charge in [-0.2, -0.15) is 5.10 Å². The van der Waals surface area contributed by atoms with Gasteiger partial charge in [0.05, 0.1) is 12.2 Å². The van der Waals surface area contributed by atoms with E-state index in [4.69, 9.17) is 16.3 Å². The Balaban J connectivity index is 1.76. The Morgan fingerprint density at radius 1 is 1.33 bits per heavy atom. The van der Waals surface area contributed by atoms with Gasteiger partial charge < -0.3 is 10.1 Å². The number of ether oxygens (including phenoxy) is 1. The van der Waals surface area contributed by atoms with E-state index in [1.54, 1.807) is 6.07 Å². The van der Waals surface area contributed by atoms with Crippen molar-refractivity contribution in [2.24, 2.45) is 0 Å². The summed E-state index contributed by atoms with van der Waals surface area (Å²) in [5.41, 5.74) is 1.78. The molecule has 0 saturated carbocycles. The zero-order valence-corrected chi connectivity index (χ0v) is 16.7. The summed E-state index contributed by atoms with van der Waals surface area (Å²) in [6.07, 6.45) is 0.831. The second kappa shape index (κ2) is 8.54. The molecule has 2 heterocycles. The number of aryl methyl sites for hydroxylation is 1. The van der Waals surface area contributed by atoms with Crippen molar-refractivity contribution in [3.8, 4) is 0 Å². The molecule has 0 saturated heterocycles. The van der Waals surface area contributed by atoms with Crippen molar-refractivity contribution in [1.29, 1.82) is 0 Å². The lowest BCUT2D eigenvalue weighted by atomic mass is 10.2. The van der Waals surface area contributed by atoms with E-state index in [1.807, 2.05) is 42.8 Å². The third-order valence-electron chi connectivity index (χ3n) is 3.99. The molecule has 0 fully saturated rings. The van der Waals surface area contributed by atoms with Gasteiger partial charge in [-0.3, -0.25) is 9.48 Å². The van der Waals surface area contributed by atoms with Crippen LogP contribution in [0.5, 0.6) is 0 Å². The number of fused-ring (bicyclic) bond motifs is 1. The summed E-state index contributed by atoms with van der Waals surface area (Å²) in [5, 5.41) is 8.79. The van der Waals surface area contributed by atoms with Crippen LogP contribution >= 0.6 is 22.9 Å². The first-order valence-corrected chi connectivity index (χ1v) is 9.83. The van der Waals surface area contributed by atoms with E-state index < -0.39 is 5.97 Å². The van der Waals surface area contributed by atoms with Gasteiger partial charge >= 0.3 is 5.97 Å². The molecule has 0 aliphatic rings. The topological polar surface area (TPSA) is 73.2 Å². The molecule has 3 rings (SSSR count). The van der Waals surface area contributed by atoms with Crippen LogP contribution in [-0.4, -0.2) is 34.8 Å². The normalized spacial score (nSPS) is 10.9. The quantitative estimate of drug-likeness (QED) is 0.607. The molecule has 0 spiro atoms. The van der Waals surface area contributed by atoms with Crippen LogP contribution < -0.4 is 5.32 Å². The fourth-order valence-electron chi connectivity index (χ4n) is 2.63. The van der Waals surface area contributed by atoms with Gasteiger partial charge in [0.15, 0.2) is 6.61 Å².